The lowest BCUT2D eigenvalue weighted by atomic mass is 10.2. The molecule has 1 aromatic rings. The van der Waals surface area contributed by atoms with Gasteiger partial charge < -0.3 is 16.7 Å². The van der Waals surface area contributed by atoms with Gasteiger partial charge in [-0.2, -0.15) is 0 Å². The van der Waals surface area contributed by atoms with Gasteiger partial charge in [0.2, 0.25) is 5.91 Å². The molecule has 0 aliphatic rings. The lowest BCUT2D eigenvalue weighted by molar-refractivity contribution is -0.115. The molecule has 0 aromatic heterocycles. The van der Waals surface area contributed by atoms with Crippen molar-refractivity contribution in [2.75, 3.05) is 12.0 Å². The zero-order valence-corrected chi connectivity index (χ0v) is 10.8. The van der Waals surface area contributed by atoms with Gasteiger partial charge in [0.15, 0.2) is 5.84 Å². The fourth-order valence-electron chi connectivity index (χ4n) is 1.25. The van der Waals surface area contributed by atoms with Gasteiger partial charge in [0, 0.05) is 15.4 Å². The highest BCUT2D eigenvalue weighted by Crippen LogP contribution is 2.30. The van der Waals surface area contributed by atoms with Gasteiger partial charge in [0.1, 0.15) is 0 Å². The SMILES string of the molecule is CSc1cccc(SCC(N)=O)c1/C(N)=N/O. The summed E-state index contributed by atoms with van der Waals surface area (Å²) in [6.45, 7) is 0. The van der Waals surface area contributed by atoms with E-state index in [9.17, 15) is 4.79 Å². The molecule has 17 heavy (non-hydrogen) atoms. The lowest BCUT2D eigenvalue weighted by Gasteiger charge is -2.11. The number of amides is 1. The second kappa shape index (κ2) is 6.41. The van der Waals surface area contributed by atoms with E-state index in [1.807, 2.05) is 18.4 Å². The summed E-state index contributed by atoms with van der Waals surface area (Å²) in [5, 5.41) is 11.8. The molecule has 0 unspecified atom stereocenters. The molecule has 0 radical (unpaired) electrons. The van der Waals surface area contributed by atoms with Gasteiger partial charge in [0.05, 0.1) is 5.75 Å². The monoisotopic (exact) mass is 271 g/mol. The molecule has 0 heterocycles. The number of amidine groups is 1. The predicted molar refractivity (Wildman–Crippen MR) is 70.7 cm³/mol. The van der Waals surface area contributed by atoms with E-state index in [1.165, 1.54) is 23.5 Å². The Kier molecular flexibility index (Phi) is 5.17. The Morgan fingerprint density at radius 3 is 2.59 bits per heavy atom. The number of oxime groups is 1. The third-order valence-corrected chi connectivity index (χ3v) is 3.80. The summed E-state index contributed by atoms with van der Waals surface area (Å²) in [6, 6.07) is 5.52. The minimum atomic E-state index is -0.407. The van der Waals surface area contributed by atoms with Crippen LogP contribution in [-0.2, 0) is 4.79 Å². The van der Waals surface area contributed by atoms with E-state index in [2.05, 4.69) is 5.16 Å². The van der Waals surface area contributed by atoms with E-state index < -0.39 is 5.91 Å². The molecule has 1 rings (SSSR count). The Hall–Kier alpha value is -1.34. The molecule has 92 valence electrons. The van der Waals surface area contributed by atoms with Crippen molar-refractivity contribution in [3.05, 3.63) is 23.8 Å². The molecule has 0 fully saturated rings. The smallest absolute Gasteiger partial charge is 0.227 e. The minimum Gasteiger partial charge on any atom is -0.409 e. The summed E-state index contributed by atoms with van der Waals surface area (Å²) in [5.74, 6) is -0.222. The maximum atomic E-state index is 10.8. The molecule has 7 heteroatoms. The molecule has 0 spiro atoms. The first-order chi connectivity index (χ1) is 8.10. The van der Waals surface area contributed by atoms with E-state index in [4.69, 9.17) is 16.7 Å². The van der Waals surface area contributed by atoms with E-state index in [0.29, 0.717) is 5.56 Å². The van der Waals surface area contributed by atoms with Gasteiger partial charge in [-0.25, -0.2) is 0 Å². The van der Waals surface area contributed by atoms with E-state index in [0.717, 1.165) is 9.79 Å². The quantitative estimate of drug-likeness (QED) is 0.244. The Morgan fingerprint density at radius 1 is 1.41 bits per heavy atom. The second-order valence-corrected chi connectivity index (χ2v) is 4.94. The van der Waals surface area contributed by atoms with Crippen LogP contribution in [0.1, 0.15) is 5.56 Å². The summed E-state index contributed by atoms with van der Waals surface area (Å²) < 4.78 is 0. The summed E-state index contributed by atoms with van der Waals surface area (Å²) >= 11 is 2.75. The van der Waals surface area contributed by atoms with E-state index >= 15 is 0 Å². The van der Waals surface area contributed by atoms with Crippen LogP contribution in [0.2, 0.25) is 0 Å². The molecule has 5 nitrogen and oxygen atoms in total. The molecule has 0 bridgehead atoms. The standard InChI is InChI=1S/C10H13N3O2S2/c1-16-6-3-2-4-7(17-5-8(11)14)9(6)10(12)13-15/h2-4,15H,5H2,1H3,(H2,11,14)(H2,12,13). The van der Waals surface area contributed by atoms with Crippen LogP contribution in [0.4, 0.5) is 0 Å². The van der Waals surface area contributed by atoms with Crippen molar-refractivity contribution in [2.45, 2.75) is 9.79 Å². The first-order valence-electron chi connectivity index (χ1n) is 4.66. The highest BCUT2D eigenvalue weighted by Gasteiger charge is 2.13. The number of hydrogen-bond acceptors (Lipinski definition) is 5. The van der Waals surface area contributed by atoms with Gasteiger partial charge in [-0.15, -0.1) is 23.5 Å². The fraction of sp³-hybridized carbons (Fsp3) is 0.200. The van der Waals surface area contributed by atoms with Gasteiger partial charge >= 0.3 is 0 Å². The maximum Gasteiger partial charge on any atom is 0.227 e. The third-order valence-electron chi connectivity index (χ3n) is 1.94. The minimum absolute atomic E-state index is 0.0296. The topological polar surface area (TPSA) is 102 Å². The Balaban J connectivity index is 3.15. The number of rotatable bonds is 5. The van der Waals surface area contributed by atoms with Crippen molar-refractivity contribution in [1.29, 1.82) is 0 Å². The summed E-state index contributed by atoms with van der Waals surface area (Å²) in [5.41, 5.74) is 11.4. The molecule has 1 aromatic carbocycles. The summed E-state index contributed by atoms with van der Waals surface area (Å²) in [6.07, 6.45) is 1.89. The highest BCUT2D eigenvalue weighted by molar-refractivity contribution is 8.00. The summed E-state index contributed by atoms with van der Waals surface area (Å²) in [7, 11) is 0. The lowest BCUT2D eigenvalue weighted by Crippen LogP contribution is -2.17. The first-order valence-corrected chi connectivity index (χ1v) is 6.87. The molecule has 0 saturated carbocycles. The zero-order chi connectivity index (χ0) is 12.8. The van der Waals surface area contributed by atoms with Crippen molar-refractivity contribution in [1.82, 2.24) is 0 Å². The van der Waals surface area contributed by atoms with Crippen molar-refractivity contribution in [3.63, 3.8) is 0 Å². The first kappa shape index (κ1) is 13.7. The number of thioether (sulfide) groups is 2. The molecule has 0 saturated heterocycles. The number of benzene rings is 1. The third kappa shape index (κ3) is 3.57. The second-order valence-electron chi connectivity index (χ2n) is 3.07. The van der Waals surface area contributed by atoms with Crippen LogP contribution < -0.4 is 11.5 Å². The average Bonchev–Trinajstić information content (AvgIpc) is 2.34. The van der Waals surface area contributed by atoms with Crippen LogP contribution in [0.15, 0.2) is 33.1 Å². The van der Waals surface area contributed by atoms with Crippen molar-refractivity contribution in [2.24, 2.45) is 16.6 Å². The van der Waals surface area contributed by atoms with Gasteiger partial charge in [-0.05, 0) is 18.4 Å². The van der Waals surface area contributed by atoms with Gasteiger partial charge in [-0.1, -0.05) is 11.2 Å². The van der Waals surface area contributed by atoms with Crippen LogP contribution in [0.3, 0.4) is 0 Å². The van der Waals surface area contributed by atoms with Crippen LogP contribution in [-0.4, -0.2) is 29.0 Å². The highest BCUT2D eigenvalue weighted by atomic mass is 32.2. The Bertz CT molecular complexity index is 449. The van der Waals surface area contributed by atoms with Gasteiger partial charge in [-0.3, -0.25) is 4.79 Å². The zero-order valence-electron chi connectivity index (χ0n) is 9.21. The van der Waals surface area contributed by atoms with Crippen LogP contribution in [0.5, 0.6) is 0 Å². The van der Waals surface area contributed by atoms with Crippen LogP contribution in [0, 0.1) is 0 Å². The number of nitrogens with zero attached hydrogens (tertiary/aromatic N) is 1. The average molecular weight is 271 g/mol. The maximum absolute atomic E-state index is 10.8. The molecule has 0 atom stereocenters. The number of primary amides is 1. The molecule has 5 N–H and O–H groups in total. The van der Waals surface area contributed by atoms with Crippen LogP contribution >= 0.6 is 23.5 Å². The van der Waals surface area contributed by atoms with Crippen molar-refractivity contribution in [3.8, 4) is 0 Å². The predicted octanol–water partition coefficient (Wildman–Crippen LogP) is 1.08. The van der Waals surface area contributed by atoms with Crippen molar-refractivity contribution >= 4 is 35.3 Å². The number of hydrogen-bond donors (Lipinski definition) is 3. The molecule has 1 amide bonds. The molecular weight excluding hydrogens is 258 g/mol. The number of nitrogens with two attached hydrogens (primary N) is 2. The Labute approximate surface area is 108 Å². The largest absolute Gasteiger partial charge is 0.409 e. The number of carbonyl (C=O) groups excluding carboxylic acids is 1. The molecule has 0 aliphatic carbocycles. The Morgan fingerprint density at radius 2 is 2.06 bits per heavy atom. The van der Waals surface area contributed by atoms with E-state index in [-0.39, 0.29) is 11.6 Å². The van der Waals surface area contributed by atoms with E-state index in [1.54, 1.807) is 6.07 Å². The molecular formula is C10H13N3O2S2. The fourth-order valence-corrected chi connectivity index (χ4v) is 2.78. The van der Waals surface area contributed by atoms with Gasteiger partial charge in [0.25, 0.3) is 0 Å². The normalized spacial score (nSPS) is 11.5. The molecule has 0 aliphatic heterocycles. The van der Waals surface area contributed by atoms with Crippen molar-refractivity contribution < 1.29 is 10.0 Å². The summed E-state index contributed by atoms with van der Waals surface area (Å²) in [4.78, 5) is 12.4. The van der Waals surface area contributed by atoms with Crippen LogP contribution in [0.25, 0.3) is 0 Å². The number of carbonyl (C=O) groups is 1.